The van der Waals surface area contributed by atoms with Crippen molar-refractivity contribution in [3.63, 3.8) is 0 Å². The van der Waals surface area contributed by atoms with Gasteiger partial charge in [-0.2, -0.15) is 13.2 Å². The fourth-order valence-corrected chi connectivity index (χ4v) is 6.63. The summed E-state index contributed by atoms with van der Waals surface area (Å²) in [6.07, 6.45) is -3.25. The third kappa shape index (κ3) is 4.74. The molecule has 3 fully saturated rings. The Kier molecular flexibility index (Phi) is 7.72. The Bertz CT molecular complexity index is 1520. The van der Waals surface area contributed by atoms with Crippen LogP contribution in [0, 0.1) is 24.2 Å². The van der Waals surface area contributed by atoms with Crippen LogP contribution in [0.4, 0.5) is 13.2 Å². The molecule has 0 radical (unpaired) electrons. The molecule has 5 heterocycles. The zero-order valence-electron chi connectivity index (χ0n) is 21.6. The van der Waals surface area contributed by atoms with E-state index in [-0.39, 0.29) is 83.3 Å². The van der Waals surface area contributed by atoms with Gasteiger partial charge in [-0.25, -0.2) is 4.98 Å². The van der Waals surface area contributed by atoms with Crippen LogP contribution in [0.15, 0.2) is 24.4 Å². The summed E-state index contributed by atoms with van der Waals surface area (Å²) in [6.45, 7) is 6.50. The Balaban J connectivity index is 0.00000185. The first kappa shape index (κ1) is 30.2. The molecule has 14 heteroatoms. The van der Waals surface area contributed by atoms with Crippen molar-refractivity contribution in [2.45, 2.75) is 39.5 Å². The van der Waals surface area contributed by atoms with Crippen molar-refractivity contribution in [1.29, 1.82) is 0 Å². The zero-order chi connectivity index (χ0) is 27.1. The molecule has 3 amide bonds. The minimum atomic E-state index is -4.70. The molecule has 0 bridgehead atoms. The van der Waals surface area contributed by atoms with Crippen LogP contribution in [0.5, 0.6) is 0 Å². The van der Waals surface area contributed by atoms with Gasteiger partial charge in [0.05, 0.1) is 45.9 Å². The summed E-state index contributed by atoms with van der Waals surface area (Å²) < 4.78 is 41.7. The molecule has 40 heavy (non-hydrogen) atoms. The number of rotatable bonds is 5. The van der Waals surface area contributed by atoms with E-state index in [1.165, 1.54) is 35.4 Å². The number of pyridine rings is 2. The van der Waals surface area contributed by atoms with Gasteiger partial charge in [0.1, 0.15) is 5.69 Å². The van der Waals surface area contributed by atoms with Gasteiger partial charge in [0.15, 0.2) is 0 Å². The van der Waals surface area contributed by atoms with E-state index in [1.54, 1.807) is 6.07 Å². The number of nitrogens with zero attached hydrogens (tertiary/aromatic N) is 3. The van der Waals surface area contributed by atoms with Crippen molar-refractivity contribution in [1.82, 2.24) is 25.5 Å². The number of fused-ring (bicyclic) bond motifs is 2. The van der Waals surface area contributed by atoms with Gasteiger partial charge in [0, 0.05) is 29.7 Å². The number of thiophene rings is 1. The number of carbonyl (C=O) groups excluding carboxylic acids is 3. The monoisotopic (exact) mass is 615 g/mol. The van der Waals surface area contributed by atoms with Crippen molar-refractivity contribution < 1.29 is 27.6 Å². The summed E-state index contributed by atoms with van der Waals surface area (Å²) in [5.41, 5.74) is -0.454. The SMILES string of the molecule is Cc1cc(C(F)(F)F)nc(-c2ccnc3cc(CN4C(=O)C5C(C4=O)C5(C)C)sc23)c1C(=O)NC1CNC1.Cl.Cl. The molecule has 0 aromatic carbocycles. The summed E-state index contributed by atoms with van der Waals surface area (Å²) in [4.78, 5) is 49.0. The van der Waals surface area contributed by atoms with E-state index in [0.717, 1.165) is 6.07 Å². The Morgan fingerprint density at radius 1 is 1.18 bits per heavy atom. The number of imide groups is 1. The molecule has 3 aromatic rings. The van der Waals surface area contributed by atoms with E-state index in [9.17, 15) is 27.6 Å². The average Bonchev–Trinajstić information content (AvgIpc) is 3.06. The Hall–Kier alpha value is -2.80. The number of hydrogen-bond donors (Lipinski definition) is 2. The maximum Gasteiger partial charge on any atom is 0.433 e. The number of piperidine rings is 1. The third-order valence-electron chi connectivity index (χ3n) is 7.77. The molecule has 2 atom stereocenters. The lowest BCUT2D eigenvalue weighted by molar-refractivity contribution is -0.144. The normalized spacial score (nSPS) is 21.4. The van der Waals surface area contributed by atoms with Crippen LogP contribution in [0.25, 0.3) is 21.5 Å². The summed E-state index contributed by atoms with van der Waals surface area (Å²) >= 11 is 1.22. The highest BCUT2D eigenvalue weighted by molar-refractivity contribution is 7.19. The van der Waals surface area contributed by atoms with Gasteiger partial charge in [0.25, 0.3) is 5.91 Å². The lowest BCUT2D eigenvalue weighted by Gasteiger charge is -2.28. The van der Waals surface area contributed by atoms with Gasteiger partial charge < -0.3 is 10.6 Å². The predicted molar refractivity (Wildman–Crippen MR) is 148 cm³/mol. The lowest BCUT2D eigenvalue weighted by Crippen LogP contribution is -2.57. The number of hydrogen-bond acceptors (Lipinski definition) is 7. The standard InChI is InChI=1S/C26H24F3N5O3S.2ClH/c1-11-6-16(26(27,28)29)33-20(17(11)22(35)32-12-8-30-9-12)14-4-5-31-15-7-13(38-21(14)15)10-34-23(36)18-19(24(34)37)25(18,2)3;;/h4-7,12,18-19,30H,8-10H2,1-3H3,(H,32,35);2*1H. The second-order valence-corrected chi connectivity index (χ2v) is 11.8. The van der Waals surface area contributed by atoms with Gasteiger partial charge in [-0.3, -0.25) is 24.3 Å². The highest BCUT2D eigenvalue weighted by Gasteiger charge is 2.72. The molecule has 6 rings (SSSR count). The quantitative estimate of drug-likeness (QED) is 0.413. The van der Waals surface area contributed by atoms with E-state index < -0.39 is 17.8 Å². The van der Waals surface area contributed by atoms with Crippen LogP contribution in [-0.4, -0.2) is 51.7 Å². The van der Waals surface area contributed by atoms with E-state index in [1.807, 2.05) is 13.8 Å². The van der Waals surface area contributed by atoms with E-state index in [4.69, 9.17) is 0 Å². The number of nitrogens with one attached hydrogen (secondary N) is 2. The third-order valence-corrected chi connectivity index (χ3v) is 8.92. The zero-order valence-corrected chi connectivity index (χ0v) is 24.0. The number of aryl methyl sites for hydroxylation is 1. The van der Waals surface area contributed by atoms with Crippen LogP contribution in [-0.2, 0) is 22.3 Å². The molecule has 2 saturated heterocycles. The fraction of sp³-hybridized carbons (Fsp3) is 0.423. The molecular formula is C26H26Cl2F3N5O3S. The predicted octanol–water partition coefficient (Wildman–Crippen LogP) is 4.37. The van der Waals surface area contributed by atoms with E-state index in [0.29, 0.717) is 33.7 Å². The summed E-state index contributed by atoms with van der Waals surface area (Å²) in [7, 11) is 0. The summed E-state index contributed by atoms with van der Waals surface area (Å²) in [6, 6.07) is 4.03. The van der Waals surface area contributed by atoms with E-state index in [2.05, 4.69) is 20.6 Å². The number of halogens is 5. The minimum Gasteiger partial charge on any atom is -0.347 e. The fourth-order valence-electron chi connectivity index (χ4n) is 5.52. The number of carbonyl (C=O) groups is 3. The van der Waals surface area contributed by atoms with Gasteiger partial charge in [0.2, 0.25) is 11.8 Å². The molecule has 3 aliphatic rings. The van der Waals surface area contributed by atoms with Gasteiger partial charge >= 0.3 is 6.18 Å². The summed E-state index contributed by atoms with van der Waals surface area (Å²) in [5.74, 6) is -1.50. The maximum atomic E-state index is 13.7. The number of aromatic nitrogens is 2. The Labute approximate surface area is 243 Å². The van der Waals surface area contributed by atoms with Gasteiger partial charge in [-0.1, -0.05) is 13.8 Å². The van der Waals surface area contributed by atoms with Crippen LogP contribution in [0.1, 0.15) is 40.3 Å². The topological polar surface area (TPSA) is 104 Å². The highest BCUT2D eigenvalue weighted by Crippen LogP contribution is 2.63. The second kappa shape index (κ2) is 10.2. The molecule has 2 N–H and O–H groups in total. The van der Waals surface area contributed by atoms with Crippen molar-refractivity contribution in [2.75, 3.05) is 13.1 Å². The van der Waals surface area contributed by atoms with E-state index >= 15 is 0 Å². The molecule has 2 aliphatic heterocycles. The van der Waals surface area contributed by atoms with Gasteiger partial charge in [-0.15, -0.1) is 36.2 Å². The molecule has 1 aliphatic carbocycles. The molecule has 0 spiro atoms. The largest absolute Gasteiger partial charge is 0.433 e. The number of amides is 3. The smallest absolute Gasteiger partial charge is 0.347 e. The van der Waals surface area contributed by atoms with Crippen molar-refractivity contribution in [3.05, 3.63) is 46.1 Å². The second-order valence-electron chi connectivity index (χ2n) is 10.7. The van der Waals surface area contributed by atoms with Crippen molar-refractivity contribution in [2.24, 2.45) is 17.3 Å². The first-order valence-corrected chi connectivity index (χ1v) is 13.0. The first-order valence-electron chi connectivity index (χ1n) is 12.2. The maximum absolute atomic E-state index is 13.7. The van der Waals surface area contributed by atoms with Crippen LogP contribution < -0.4 is 10.6 Å². The molecule has 1 saturated carbocycles. The number of alkyl halides is 3. The van der Waals surface area contributed by atoms with Crippen LogP contribution >= 0.6 is 36.2 Å². The molecule has 8 nitrogen and oxygen atoms in total. The molecule has 3 aromatic heterocycles. The molecular weight excluding hydrogens is 590 g/mol. The van der Waals surface area contributed by atoms with Crippen LogP contribution in [0.2, 0.25) is 0 Å². The van der Waals surface area contributed by atoms with Crippen molar-refractivity contribution >= 4 is 64.1 Å². The highest BCUT2D eigenvalue weighted by atomic mass is 35.5. The molecule has 2 unspecified atom stereocenters. The van der Waals surface area contributed by atoms with Crippen LogP contribution in [0.3, 0.4) is 0 Å². The van der Waals surface area contributed by atoms with Crippen molar-refractivity contribution in [3.8, 4) is 11.3 Å². The Morgan fingerprint density at radius 3 is 2.40 bits per heavy atom. The lowest BCUT2D eigenvalue weighted by atomic mass is 9.99. The minimum absolute atomic E-state index is 0. The van der Waals surface area contributed by atoms with Gasteiger partial charge in [-0.05, 0) is 36.1 Å². The average molecular weight is 616 g/mol. The first-order chi connectivity index (χ1) is 17.9. The molecule has 214 valence electrons. The number of likely N-dealkylation sites (tertiary alicyclic amines) is 1. The summed E-state index contributed by atoms with van der Waals surface area (Å²) in [5, 5.41) is 5.89. The Morgan fingerprint density at radius 2 is 1.82 bits per heavy atom.